The van der Waals surface area contributed by atoms with Gasteiger partial charge in [-0.15, -0.1) is 8.78 Å². The van der Waals surface area contributed by atoms with Crippen LogP contribution in [0.3, 0.4) is 0 Å². The molecule has 0 bridgehead atoms. The van der Waals surface area contributed by atoms with E-state index < -0.39 is 25.1 Å². The van der Waals surface area contributed by atoms with Crippen molar-refractivity contribution in [2.24, 2.45) is 0 Å². The molecular formula is C4HF7O3. The number of ether oxygens (including phenoxy) is 3. The van der Waals surface area contributed by atoms with Crippen LogP contribution in [0.25, 0.3) is 0 Å². The molecule has 0 N–H and O–H groups in total. The normalized spacial score (nSPS) is 35.1. The first-order chi connectivity index (χ1) is 6.08. The fraction of sp³-hybridized carbons (Fsp3) is 1.00. The average molecular weight is 230 g/mol. The van der Waals surface area contributed by atoms with E-state index in [1.807, 2.05) is 0 Å². The van der Waals surface area contributed by atoms with Gasteiger partial charge in [0.15, 0.2) is 0 Å². The Kier molecular flexibility index (Phi) is 2.41. The van der Waals surface area contributed by atoms with Crippen molar-refractivity contribution in [1.82, 2.24) is 0 Å². The molecule has 1 heterocycles. The molecule has 1 unspecified atom stereocenters. The van der Waals surface area contributed by atoms with E-state index in [9.17, 15) is 30.7 Å². The van der Waals surface area contributed by atoms with Crippen molar-refractivity contribution < 1.29 is 44.9 Å². The number of hydrogen-bond acceptors (Lipinski definition) is 3. The molecule has 0 aromatic carbocycles. The van der Waals surface area contributed by atoms with Crippen molar-refractivity contribution in [1.29, 1.82) is 0 Å². The zero-order valence-electron chi connectivity index (χ0n) is 5.95. The van der Waals surface area contributed by atoms with Gasteiger partial charge in [-0.25, -0.2) is 9.47 Å². The Balaban J connectivity index is 2.87. The Bertz CT molecular complexity index is 231. The van der Waals surface area contributed by atoms with E-state index in [1.54, 1.807) is 0 Å². The number of hydrogen-bond donors (Lipinski definition) is 0. The minimum absolute atomic E-state index is 2.43. The summed E-state index contributed by atoms with van der Waals surface area (Å²) in [6, 6.07) is -5.01. The van der Waals surface area contributed by atoms with Gasteiger partial charge in [0.1, 0.15) is 0 Å². The third-order valence-corrected chi connectivity index (χ3v) is 1.09. The minimum atomic E-state index is -5.33. The molecule has 0 aromatic rings. The van der Waals surface area contributed by atoms with Gasteiger partial charge in [0.25, 0.3) is 0 Å². The molecule has 0 radical (unpaired) electrons. The Hall–Kier alpha value is -0.610. The van der Waals surface area contributed by atoms with E-state index in [1.165, 1.54) is 0 Å². The Morgan fingerprint density at radius 2 is 1.43 bits per heavy atom. The highest BCUT2D eigenvalue weighted by atomic mass is 19.3. The molecule has 3 nitrogen and oxygen atoms in total. The van der Waals surface area contributed by atoms with E-state index in [-0.39, 0.29) is 0 Å². The molecule has 0 aromatic heterocycles. The standard InChI is InChI=1S/C4HF7O3/c5-1(6)12-3(9)2(7,8)13-4(10,11)14-3/h1H. The van der Waals surface area contributed by atoms with Gasteiger partial charge in [0.2, 0.25) is 0 Å². The van der Waals surface area contributed by atoms with Crippen molar-refractivity contribution in [3.8, 4) is 0 Å². The van der Waals surface area contributed by atoms with Gasteiger partial charge in [-0.1, -0.05) is 0 Å². The van der Waals surface area contributed by atoms with Crippen LogP contribution in [0.4, 0.5) is 30.7 Å². The third-order valence-electron chi connectivity index (χ3n) is 1.09. The van der Waals surface area contributed by atoms with Crippen molar-refractivity contribution in [2.75, 3.05) is 0 Å². The van der Waals surface area contributed by atoms with Crippen molar-refractivity contribution in [3.63, 3.8) is 0 Å². The quantitative estimate of drug-likeness (QED) is 0.679. The van der Waals surface area contributed by atoms with E-state index in [2.05, 4.69) is 14.2 Å². The van der Waals surface area contributed by atoms with E-state index >= 15 is 0 Å². The Labute approximate surface area is 71.3 Å². The van der Waals surface area contributed by atoms with Gasteiger partial charge in [0.05, 0.1) is 0 Å². The molecule has 0 spiro atoms. The summed E-state index contributed by atoms with van der Waals surface area (Å²) in [5.41, 5.74) is 0. The summed E-state index contributed by atoms with van der Waals surface area (Å²) in [5.74, 6) is 0. The SMILES string of the molecule is FC(F)OC1(F)OC(F)(F)OC1(F)F. The molecule has 1 fully saturated rings. The molecule has 0 amide bonds. The lowest BCUT2D eigenvalue weighted by Gasteiger charge is -2.20. The van der Waals surface area contributed by atoms with Crippen molar-refractivity contribution in [2.45, 2.75) is 25.1 Å². The van der Waals surface area contributed by atoms with Gasteiger partial charge in [-0.3, -0.25) is 4.74 Å². The second-order valence-electron chi connectivity index (χ2n) is 2.10. The van der Waals surface area contributed by atoms with Crippen molar-refractivity contribution in [3.05, 3.63) is 0 Å². The topological polar surface area (TPSA) is 27.7 Å². The van der Waals surface area contributed by atoms with E-state index in [0.29, 0.717) is 0 Å². The molecule has 1 aliphatic heterocycles. The molecule has 1 saturated heterocycles. The molecular weight excluding hydrogens is 229 g/mol. The molecule has 10 heteroatoms. The van der Waals surface area contributed by atoms with Crippen molar-refractivity contribution >= 4 is 0 Å². The zero-order chi connectivity index (χ0) is 11.2. The monoisotopic (exact) mass is 230 g/mol. The fourth-order valence-corrected chi connectivity index (χ4v) is 0.650. The molecule has 1 atom stereocenters. The second-order valence-corrected chi connectivity index (χ2v) is 2.10. The number of halogens is 7. The van der Waals surface area contributed by atoms with E-state index in [0.717, 1.165) is 0 Å². The van der Waals surface area contributed by atoms with Crippen LogP contribution in [0.1, 0.15) is 0 Å². The summed E-state index contributed by atoms with van der Waals surface area (Å²) in [7, 11) is 0. The maximum Gasteiger partial charge on any atom is 0.495 e. The third kappa shape index (κ3) is 1.91. The fourth-order valence-electron chi connectivity index (χ4n) is 0.650. The number of alkyl halides is 7. The second kappa shape index (κ2) is 2.94. The van der Waals surface area contributed by atoms with Gasteiger partial charge in [0, 0.05) is 0 Å². The van der Waals surface area contributed by atoms with Gasteiger partial charge in [-0.2, -0.15) is 22.0 Å². The highest BCUT2D eigenvalue weighted by Crippen LogP contribution is 2.50. The molecule has 1 rings (SSSR count). The first-order valence-electron chi connectivity index (χ1n) is 2.89. The summed E-state index contributed by atoms with van der Waals surface area (Å²) in [5, 5.41) is 0. The average Bonchev–Trinajstić information content (AvgIpc) is 1.91. The lowest BCUT2D eigenvalue weighted by atomic mass is 10.5. The van der Waals surface area contributed by atoms with Gasteiger partial charge in [-0.05, 0) is 0 Å². The molecule has 1 aliphatic rings. The lowest BCUT2D eigenvalue weighted by Crippen LogP contribution is -2.45. The highest BCUT2D eigenvalue weighted by Gasteiger charge is 2.76. The van der Waals surface area contributed by atoms with Crippen LogP contribution < -0.4 is 0 Å². The van der Waals surface area contributed by atoms with Crippen LogP contribution >= 0.6 is 0 Å². The van der Waals surface area contributed by atoms with Gasteiger partial charge >= 0.3 is 25.1 Å². The van der Waals surface area contributed by atoms with Crippen LogP contribution in [-0.4, -0.2) is 25.1 Å². The van der Waals surface area contributed by atoms with E-state index in [4.69, 9.17) is 0 Å². The predicted octanol–water partition coefficient (Wildman–Crippen LogP) is 2.04. The highest BCUT2D eigenvalue weighted by molar-refractivity contribution is 4.75. The van der Waals surface area contributed by atoms with Gasteiger partial charge < -0.3 is 0 Å². The number of rotatable bonds is 2. The molecule has 84 valence electrons. The summed E-state index contributed by atoms with van der Waals surface area (Å²) >= 11 is 0. The Morgan fingerprint density at radius 3 is 1.71 bits per heavy atom. The molecule has 14 heavy (non-hydrogen) atoms. The minimum Gasteiger partial charge on any atom is -0.254 e. The molecule has 0 saturated carbocycles. The largest absolute Gasteiger partial charge is 0.495 e. The first-order valence-corrected chi connectivity index (χ1v) is 2.89. The summed E-state index contributed by atoms with van der Waals surface area (Å²) in [4.78, 5) is 0. The molecule has 0 aliphatic carbocycles. The van der Waals surface area contributed by atoms with Crippen LogP contribution in [0, 0.1) is 0 Å². The first kappa shape index (κ1) is 11.5. The van der Waals surface area contributed by atoms with Crippen LogP contribution in [0.2, 0.25) is 0 Å². The van der Waals surface area contributed by atoms with Crippen LogP contribution in [0.5, 0.6) is 0 Å². The van der Waals surface area contributed by atoms with Crippen LogP contribution in [-0.2, 0) is 14.2 Å². The summed E-state index contributed by atoms with van der Waals surface area (Å²) in [6.07, 6.45) is -10.4. The lowest BCUT2D eigenvalue weighted by molar-refractivity contribution is -0.443. The zero-order valence-corrected chi connectivity index (χ0v) is 5.95. The maximum absolute atomic E-state index is 12.6. The summed E-state index contributed by atoms with van der Waals surface area (Å²) in [6.45, 7) is -4.07. The Morgan fingerprint density at radius 1 is 0.929 bits per heavy atom. The maximum atomic E-state index is 12.6. The predicted molar refractivity (Wildman–Crippen MR) is 23.0 cm³/mol. The van der Waals surface area contributed by atoms with Crippen LogP contribution in [0.15, 0.2) is 0 Å². The summed E-state index contributed by atoms with van der Waals surface area (Å²) < 4.78 is 91.0. The smallest absolute Gasteiger partial charge is 0.254 e.